The summed E-state index contributed by atoms with van der Waals surface area (Å²) in [6.07, 6.45) is 5.46. The zero-order valence-corrected chi connectivity index (χ0v) is 12.1. The van der Waals surface area contributed by atoms with Gasteiger partial charge in [0.1, 0.15) is 0 Å². The van der Waals surface area contributed by atoms with E-state index < -0.39 is 0 Å². The van der Waals surface area contributed by atoms with Crippen LogP contribution in [-0.2, 0) is 0 Å². The van der Waals surface area contributed by atoms with E-state index in [2.05, 4.69) is 39.9 Å². The molecule has 1 fully saturated rings. The van der Waals surface area contributed by atoms with E-state index >= 15 is 0 Å². The minimum absolute atomic E-state index is 0.505. The second kappa shape index (κ2) is 5.61. The molecule has 0 spiro atoms. The first-order valence-corrected chi connectivity index (χ1v) is 7.34. The molecule has 1 aromatic heterocycles. The molecule has 106 valence electrons. The summed E-state index contributed by atoms with van der Waals surface area (Å²) in [5.41, 5.74) is 2.12. The SMILES string of the molecule is Cc1nnnn1-c1cccc(NC(C)CC2CCC2)c1. The van der Waals surface area contributed by atoms with Gasteiger partial charge in [-0.15, -0.1) is 5.10 Å². The maximum absolute atomic E-state index is 4.00. The topological polar surface area (TPSA) is 55.6 Å². The molecule has 3 rings (SSSR count). The standard InChI is InChI=1S/C15H21N5/c1-11(9-13-5-3-6-13)16-14-7-4-8-15(10-14)20-12(2)17-18-19-20/h4,7-8,10-11,13,16H,3,5-6,9H2,1-2H3. The van der Waals surface area contributed by atoms with Crippen molar-refractivity contribution < 1.29 is 0 Å². The maximum Gasteiger partial charge on any atom is 0.153 e. The summed E-state index contributed by atoms with van der Waals surface area (Å²) in [5, 5.41) is 15.2. The van der Waals surface area contributed by atoms with Crippen LogP contribution in [0.15, 0.2) is 24.3 Å². The molecule has 2 aromatic rings. The smallest absolute Gasteiger partial charge is 0.153 e. The van der Waals surface area contributed by atoms with Gasteiger partial charge in [-0.05, 0) is 54.8 Å². The molecule has 1 aliphatic carbocycles. The number of aromatic nitrogens is 4. The molecule has 1 aliphatic rings. The van der Waals surface area contributed by atoms with Gasteiger partial charge in [0.25, 0.3) is 0 Å². The Hall–Kier alpha value is -1.91. The zero-order valence-electron chi connectivity index (χ0n) is 12.1. The van der Waals surface area contributed by atoms with Crippen LogP contribution in [0, 0.1) is 12.8 Å². The number of nitrogens with zero attached hydrogens (tertiary/aromatic N) is 4. The molecule has 5 nitrogen and oxygen atoms in total. The predicted octanol–water partition coefficient (Wildman–Crippen LogP) is 2.96. The quantitative estimate of drug-likeness (QED) is 0.908. The Balaban J connectivity index is 1.69. The fraction of sp³-hybridized carbons (Fsp3) is 0.533. The molecule has 0 saturated heterocycles. The first-order valence-electron chi connectivity index (χ1n) is 7.34. The second-order valence-electron chi connectivity index (χ2n) is 5.77. The number of benzene rings is 1. The summed E-state index contributed by atoms with van der Waals surface area (Å²) < 4.78 is 1.75. The molecule has 0 bridgehead atoms. The van der Waals surface area contributed by atoms with Gasteiger partial charge in [0.05, 0.1) is 5.69 Å². The normalized spacial score (nSPS) is 16.7. The number of tetrazole rings is 1. The van der Waals surface area contributed by atoms with Crippen molar-refractivity contribution in [2.24, 2.45) is 5.92 Å². The third-order valence-corrected chi connectivity index (χ3v) is 4.04. The lowest BCUT2D eigenvalue weighted by Crippen LogP contribution is -2.23. The lowest BCUT2D eigenvalue weighted by atomic mass is 9.81. The minimum atomic E-state index is 0.505. The van der Waals surface area contributed by atoms with E-state index in [0.29, 0.717) is 6.04 Å². The van der Waals surface area contributed by atoms with Crippen molar-refractivity contribution >= 4 is 5.69 Å². The molecule has 1 atom stereocenters. The van der Waals surface area contributed by atoms with Crippen LogP contribution in [0.25, 0.3) is 5.69 Å². The Kier molecular flexibility index (Phi) is 3.67. The monoisotopic (exact) mass is 271 g/mol. The van der Waals surface area contributed by atoms with E-state index in [9.17, 15) is 0 Å². The van der Waals surface area contributed by atoms with Crippen LogP contribution in [0.1, 0.15) is 38.4 Å². The first-order chi connectivity index (χ1) is 9.72. The number of nitrogens with one attached hydrogen (secondary N) is 1. The minimum Gasteiger partial charge on any atom is -0.383 e. The Morgan fingerprint density at radius 1 is 1.40 bits per heavy atom. The highest BCUT2D eigenvalue weighted by Crippen LogP contribution is 2.31. The van der Waals surface area contributed by atoms with Crippen molar-refractivity contribution in [3.8, 4) is 5.69 Å². The van der Waals surface area contributed by atoms with E-state index in [1.807, 2.05) is 19.1 Å². The molecule has 1 aromatic carbocycles. The fourth-order valence-corrected chi connectivity index (χ4v) is 2.77. The molecule has 20 heavy (non-hydrogen) atoms. The third kappa shape index (κ3) is 2.81. The van der Waals surface area contributed by atoms with E-state index in [4.69, 9.17) is 0 Å². The van der Waals surface area contributed by atoms with Gasteiger partial charge in [-0.25, -0.2) is 0 Å². The van der Waals surface area contributed by atoms with Crippen molar-refractivity contribution in [1.82, 2.24) is 20.2 Å². The highest BCUT2D eigenvalue weighted by Gasteiger charge is 2.19. The Morgan fingerprint density at radius 2 is 2.25 bits per heavy atom. The Bertz CT molecular complexity index is 573. The number of anilines is 1. The third-order valence-electron chi connectivity index (χ3n) is 4.04. The molecule has 1 saturated carbocycles. The van der Waals surface area contributed by atoms with Crippen molar-refractivity contribution in [2.75, 3.05) is 5.32 Å². The number of rotatable bonds is 5. The highest BCUT2D eigenvalue weighted by atomic mass is 15.5. The zero-order chi connectivity index (χ0) is 13.9. The molecular formula is C15H21N5. The first kappa shape index (κ1) is 13.1. The number of hydrogen-bond donors (Lipinski definition) is 1. The van der Waals surface area contributed by atoms with E-state index in [1.165, 1.54) is 25.7 Å². The number of hydrogen-bond acceptors (Lipinski definition) is 4. The van der Waals surface area contributed by atoms with Gasteiger partial charge < -0.3 is 5.32 Å². The van der Waals surface area contributed by atoms with E-state index in [1.54, 1.807) is 4.68 Å². The van der Waals surface area contributed by atoms with Crippen LogP contribution in [-0.4, -0.2) is 26.2 Å². The van der Waals surface area contributed by atoms with Gasteiger partial charge >= 0.3 is 0 Å². The van der Waals surface area contributed by atoms with Crippen molar-refractivity contribution in [2.45, 2.75) is 45.6 Å². The van der Waals surface area contributed by atoms with Crippen LogP contribution >= 0.6 is 0 Å². The average Bonchev–Trinajstić information content (AvgIpc) is 2.81. The van der Waals surface area contributed by atoms with E-state index in [-0.39, 0.29) is 0 Å². The lowest BCUT2D eigenvalue weighted by Gasteiger charge is -2.29. The largest absolute Gasteiger partial charge is 0.383 e. The molecule has 5 heteroatoms. The molecule has 0 aliphatic heterocycles. The van der Waals surface area contributed by atoms with Crippen LogP contribution in [0.5, 0.6) is 0 Å². The van der Waals surface area contributed by atoms with Crippen molar-refractivity contribution in [3.63, 3.8) is 0 Å². The summed E-state index contributed by atoms with van der Waals surface area (Å²) in [6.45, 7) is 4.16. The second-order valence-corrected chi connectivity index (χ2v) is 5.77. The van der Waals surface area contributed by atoms with Gasteiger partial charge in [0.2, 0.25) is 0 Å². The molecule has 0 amide bonds. The van der Waals surface area contributed by atoms with Crippen LogP contribution in [0.2, 0.25) is 0 Å². The van der Waals surface area contributed by atoms with Crippen LogP contribution in [0.4, 0.5) is 5.69 Å². The molecule has 0 radical (unpaired) electrons. The lowest BCUT2D eigenvalue weighted by molar-refractivity contribution is 0.286. The molecule has 1 N–H and O–H groups in total. The van der Waals surface area contributed by atoms with Gasteiger partial charge in [-0.2, -0.15) is 4.68 Å². The summed E-state index contributed by atoms with van der Waals surface area (Å²) in [6, 6.07) is 8.76. The summed E-state index contributed by atoms with van der Waals surface area (Å²) in [5.74, 6) is 1.71. The molecule has 1 heterocycles. The molecule has 1 unspecified atom stereocenters. The summed E-state index contributed by atoms with van der Waals surface area (Å²) >= 11 is 0. The Labute approximate surface area is 119 Å². The summed E-state index contributed by atoms with van der Waals surface area (Å²) in [7, 11) is 0. The fourth-order valence-electron chi connectivity index (χ4n) is 2.77. The number of aryl methyl sites for hydroxylation is 1. The van der Waals surface area contributed by atoms with Crippen LogP contribution in [0.3, 0.4) is 0 Å². The van der Waals surface area contributed by atoms with Crippen molar-refractivity contribution in [3.05, 3.63) is 30.1 Å². The maximum atomic E-state index is 4.00. The van der Waals surface area contributed by atoms with Gasteiger partial charge in [0, 0.05) is 11.7 Å². The molecular weight excluding hydrogens is 250 g/mol. The van der Waals surface area contributed by atoms with Crippen LogP contribution < -0.4 is 5.32 Å². The van der Waals surface area contributed by atoms with E-state index in [0.717, 1.165) is 23.1 Å². The highest BCUT2D eigenvalue weighted by molar-refractivity contribution is 5.51. The predicted molar refractivity (Wildman–Crippen MR) is 78.9 cm³/mol. The van der Waals surface area contributed by atoms with Gasteiger partial charge in [-0.1, -0.05) is 25.3 Å². The summed E-state index contributed by atoms with van der Waals surface area (Å²) in [4.78, 5) is 0. The average molecular weight is 271 g/mol. The Morgan fingerprint density at radius 3 is 2.90 bits per heavy atom. The van der Waals surface area contributed by atoms with Crippen molar-refractivity contribution in [1.29, 1.82) is 0 Å². The van der Waals surface area contributed by atoms with Gasteiger partial charge in [-0.3, -0.25) is 0 Å². The van der Waals surface area contributed by atoms with Gasteiger partial charge in [0.15, 0.2) is 5.82 Å².